The number of nitrogens with zero attached hydrogens (tertiary/aromatic N) is 1. The third kappa shape index (κ3) is 3.80. The molecule has 45 heavy (non-hydrogen) atoms. The quantitative estimate of drug-likeness (QED) is 0.187. The highest BCUT2D eigenvalue weighted by Gasteiger charge is 2.40. The Morgan fingerprint density at radius 1 is 0.467 bits per heavy atom. The van der Waals surface area contributed by atoms with Crippen LogP contribution in [0.3, 0.4) is 0 Å². The van der Waals surface area contributed by atoms with E-state index in [-0.39, 0.29) is 0 Å². The molecule has 3 heteroatoms. The first-order chi connectivity index (χ1) is 22.2. The fourth-order valence-corrected chi connectivity index (χ4v) is 10.3. The van der Waals surface area contributed by atoms with Crippen molar-refractivity contribution < 1.29 is 4.57 Å². The Balaban J connectivity index is 1.44. The van der Waals surface area contributed by atoms with E-state index in [2.05, 4.69) is 132 Å². The number of hydrogen-bond donors (Lipinski definition) is 0. The molecule has 0 fully saturated rings. The van der Waals surface area contributed by atoms with E-state index in [4.69, 9.17) is 0 Å². The molecule has 1 aliphatic rings. The van der Waals surface area contributed by atoms with Gasteiger partial charge in [-0.1, -0.05) is 152 Å². The van der Waals surface area contributed by atoms with Crippen LogP contribution in [0, 0.1) is 0 Å². The lowest BCUT2D eigenvalue weighted by Gasteiger charge is -2.23. The van der Waals surface area contributed by atoms with Gasteiger partial charge in [0.2, 0.25) is 0 Å². The fourth-order valence-electron chi connectivity index (χ4n) is 7.25. The van der Waals surface area contributed by atoms with E-state index in [1.54, 1.807) is 0 Å². The maximum atomic E-state index is 16.2. The maximum absolute atomic E-state index is 16.2. The van der Waals surface area contributed by atoms with Crippen LogP contribution in [0.4, 0.5) is 0 Å². The van der Waals surface area contributed by atoms with E-state index in [0.717, 1.165) is 66.0 Å². The standard InChI is InChI=1S/C42H28NOP/c44-45(32-19-12-18-31(28-32)29-14-2-1-3-15-29)39-26-10-7-22-35(39)41-34-21-6-9-24-38(34)43(42(41)36-23-8-11-27-40(36)45)37-25-13-17-30-16-4-5-20-33(30)37/h1-28H. The topological polar surface area (TPSA) is 22.0 Å². The average molecular weight is 594 g/mol. The zero-order valence-electron chi connectivity index (χ0n) is 24.5. The average Bonchev–Trinajstić information content (AvgIpc) is 3.42. The summed E-state index contributed by atoms with van der Waals surface area (Å²) in [5.41, 5.74) is 8.64. The molecule has 1 atom stereocenters. The van der Waals surface area contributed by atoms with E-state index < -0.39 is 7.14 Å². The van der Waals surface area contributed by atoms with Crippen molar-refractivity contribution in [3.8, 4) is 39.2 Å². The molecule has 7 aromatic carbocycles. The van der Waals surface area contributed by atoms with Gasteiger partial charge in [0.1, 0.15) is 0 Å². The molecule has 8 aromatic rings. The van der Waals surface area contributed by atoms with Gasteiger partial charge in [0.05, 0.1) is 16.9 Å². The Hall–Kier alpha value is -5.43. The van der Waals surface area contributed by atoms with Crippen molar-refractivity contribution in [3.63, 3.8) is 0 Å². The molecule has 1 unspecified atom stereocenters. The van der Waals surface area contributed by atoms with Crippen molar-refractivity contribution in [1.82, 2.24) is 4.57 Å². The molecule has 0 N–H and O–H groups in total. The van der Waals surface area contributed by atoms with Gasteiger partial charge in [0, 0.05) is 37.8 Å². The Morgan fingerprint density at radius 3 is 1.91 bits per heavy atom. The van der Waals surface area contributed by atoms with Gasteiger partial charge in [-0.15, -0.1) is 0 Å². The van der Waals surface area contributed by atoms with Gasteiger partial charge in [-0.25, -0.2) is 0 Å². The maximum Gasteiger partial charge on any atom is 0.172 e. The Bertz CT molecular complexity index is 2470. The third-order valence-corrected chi connectivity index (χ3v) is 12.4. The van der Waals surface area contributed by atoms with E-state index in [0.29, 0.717) is 0 Å². The van der Waals surface area contributed by atoms with E-state index in [1.807, 2.05) is 42.5 Å². The third-order valence-electron chi connectivity index (χ3n) is 9.21. The predicted molar refractivity (Wildman–Crippen MR) is 190 cm³/mol. The van der Waals surface area contributed by atoms with Crippen LogP contribution < -0.4 is 15.9 Å². The van der Waals surface area contributed by atoms with Crippen LogP contribution in [-0.2, 0) is 4.57 Å². The number of hydrogen-bond acceptors (Lipinski definition) is 1. The normalized spacial score (nSPS) is 15.3. The minimum Gasteiger partial charge on any atom is -0.309 e. The summed E-state index contributed by atoms with van der Waals surface area (Å²) in [6.45, 7) is 0. The first kappa shape index (κ1) is 26.0. The molecule has 212 valence electrons. The summed E-state index contributed by atoms with van der Waals surface area (Å²) < 4.78 is 18.6. The lowest BCUT2D eigenvalue weighted by Crippen LogP contribution is -2.26. The highest BCUT2D eigenvalue weighted by Crippen LogP contribution is 2.54. The van der Waals surface area contributed by atoms with Crippen molar-refractivity contribution in [2.45, 2.75) is 0 Å². The van der Waals surface area contributed by atoms with E-state index in [1.165, 1.54) is 10.8 Å². The van der Waals surface area contributed by atoms with Gasteiger partial charge in [0.15, 0.2) is 7.14 Å². The van der Waals surface area contributed by atoms with Crippen LogP contribution in [0.25, 0.3) is 60.9 Å². The van der Waals surface area contributed by atoms with Crippen molar-refractivity contribution in [1.29, 1.82) is 0 Å². The molecular formula is C42H28NOP. The number of fused-ring (bicyclic) bond motifs is 8. The van der Waals surface area contributed by atoms with Crippen LogP contribution in [0.15, 0.2) is 170 Å². The van der Waals surface area contributed by atoms with Crippen LogP contribution >= 0.6 is 7.14 Å². The van der Waals surface area contributed by atoms with Crippen molar-refractivity contribution in [2.75, 3.05) is 0 Å². The molecule has 0 spiro atoms. The SMILES string of the molecule is O=P1(c2cccc(-c3ccccc3)c2)c2ccccc2-c2c(n(-c3cccc4ccccc34)c3ccccc23)-c2ccccc21. The Morgan fingerprint density at radius 2 is 1.07 bits per heavy atom. The molecule has 0 amide bonds. The summed E-state index contributed by atoms with van der Waals surface area (Å²) in [6, 6.07) is 59.1. The summed E-state index contributed by atoms with van der Waals surface area (Å²) in [7, 11) is -3.34. The zero-order valence-corrected chi connectivity index (χ0v) is 25.4. The highest BCUT2D eigenvalue weighted by molar-refractivity contribution is 7.85. The Labute approximate surface area is 262 Å². The van der Waals surface area contributed by atoms with Crippen LogP contribution in [0.2, 0.25) is 0 Å². The van der Waals surface area contributed by atoms with Gasteiger partial charge in [-0.2, -0.15) is 0 Å². The second-order valence-electron chi connectivity index (χ2n) is 11.6. The van der Waals surface area contributed by atoms with Crippen LogP contribution in [-0.4, -0.2) is 4.57 Å². The second-order valence-corrected chi connectivity index (χ2v) is 14.3. The minimum absolute atomic E-state index is 0.843. The van der Waals surface area contributed by atoms with Crippen LogP contribution in [0.5, 0.6) is 0 Å². The van der Waals surface area contributed by atoms with Gasteiger partial charge >= 0.3 is 0 Å². The van der Waals surface area contributed by atoms with Crippen molar-refractivity contribution >= 4 is 44.7 Å². The molecular weight excluding hydrogens is 565 g/mol. The molecule has 0 saturated heterocycles. The van der Waals surface area contributed by atoms with E-state index >= 15 is 4.57 Å². The number of para-hydroxylation sites is 1. The molecule has 1 aliphatic heterocycles. The van der Waals surface area contributed by atoms with Gasteiger partial charge in [0.25, 0.3) is 0 Å². The molecule has 0 saturated carbocycles. The summed E-state index contributed by atoms with van der Waals surface area (Å²) in [4.78, 5) is 0. The van der Waals surface area contributed by atoms with E-state index in [9.17, 15) is 0 Å². The smallest absolute Gasteiger partial charge is 0.172 e. The molecule has 1 aromatic heterocycles. The number of rotatable bonds is 3. The lowest BCUT2D eigenvalue weighted by atomic mass is 9.98. The summed E-state index contributed by atoms with van der Waals surface area (Å²) >= 11 is 0. The molecule has 9 rings (SSSR count). The summed E-state index contributed by atoms with van der Waals surface area (Å²) in [5.74, 6) is 0. The molecule has 2 heterocycles. The molecule has 0 radical (unpaired) electrons. The molecule has 0 bridgehead atoms. The van der Waals surface area contributed by atoms with Gasteiger partial charge < -0.3 is 9.13 Å². The fraction of sp³-hybridized carbons (Fsp3) is 0. The molecule has 0 aliphatic carbocycles. The van der Waals surface area contributed by atoms with Gasteiger partial charge in [-0.3, -0.25) is 0 Å². The summed E-state index contributed by atoms with van der Waals surface area (Å²) in [6.07, 6.45) is 0. The minimum atomic E-state index is -3.34. The summed E-state index contributed by atoms with van der Waals surface area (Å²) in [5, 5.41) is 6.10. The lowest BCUT2D eigenvalue weighted by molar-refractivity contribution is 0.592. The van der Waals surface area contributed by atoms with Crippen molar-refractivity contribution in [2.24, 2.45) is 0 Å². The first-order valence-corrected chi connectivity index (χ1v) is 17.0. The predicted octanol–water partition coefficient (Wildman–Crippen LogP) is 9.74. The monoisotopic (exact) mass is 593 g/mol. The zero-order chi connectivity index (χ0) is 30.0. The number of benzene rings is 7. The second kappa shape index (κ2) is 10.1. The Kier molecular flexibility index (Phi) is 5.81. The van der Waals surface area contributed by atoms with Gasteiger partial charge in [-0.05, 0) is 40.3 Å². The van der Waals surface area contributed by atoms with Crippen molar-refractivity contribution in [3.05, 3.63) is 170 Å². The number of aromatic nitrogens is 1. The molecule has 2 nitrogen and oxygen atoms in total. The van der Waals surface area contributed by atoms with Crippen LogP contribution in [0.1, 0.15) is 0 Å². The first-order valence-electron chi connectivity index (χ1n) is 15.3. The largest absolute Gasteiger partial charge is 0.309 e. The highest BCUT2D eigenvalue weighted by atomic mass is 31.2.